The van der Waals surface area contributed by atoms with Crippen LogP contribution in [0.3, 0.4) is 0 Å². The number of likely N-dealkylation sites (tertiary alicyclic amines) is 1. The number of carbonyl (C=O) groups is 1. The molecule has 2 aromatic rings. The van der Waals surface area contributed by atoms with Crippen molar-refractivity contribution in [1.29, 1.82) is 0 Å². The molecule has 0 radical (unpaired) electrons. The van der Waals surface area contributed by atoms with Gasteiger partial charge in [-0.3, -0.25) is 9.69 Å². The molecular formula is C20H19F3N2O2. The third-order valence-corrected chi connectivity index (χ3v) is 5.15. The predicted molar refractivity (Wildman–Crippen MR) is 94.2 cm³/mol. The number of amides is 1. The Morgan fingerprint density at radius 1 is 0.963 bits per heavy atom. The molecule has 2 aliphatic rings. The zero-order valence-corrected chi connectivity index (χ0v) is 14.5. The fourth-order valence-electron chi connectivity index (χ4n) is 3.98. The first-order valence-corrected chi connectivity index (χ1v) is 8.82. The van der Waals surface area contributed by atoms with Gasteiger partial charge in [0.1, 0.15) is 5.75 Å². The lowest BCUT2D eigenvalue weighted by molar-refractivity contribution is -0.274. The van der Waals surface area contributed by atoms with Gasteiger partial charge in [-0.25, -0.2) is 0 Å². The first-order chi connectivity index (χ1) is 12.9. The molecule has 2 aromatic carbocycles. The quantitative estimate of drug-likeness (QED) is 0.816. The zero-order chi connectivity index (χ0) is 19.0. The molecule has 0 aromatic heterocycles. The summed E-state index contributed by atoms with van der Waals surface area (Å²) in [6, 6.07) is 15.6. The maximum atomic E-state index is 12.8. The number of hydrogen-bond donors (Lipinski definition) is 0. The maximum absolute atomic E-state index is 12.8. The molecule has 4 nitrogen and oxygen atoms in total. The van der Waals surface area contributed by atoms with E-state index in [2.05, 4.69) is 21.8 Å². The van der Waals surface area contributed by atoms with Crippen LogP contribution in [-0.4, -0.2) is 36.8 Å². The largest absolute Gasteiger partial charge is 0.573 e. The van der Waals surface area contributed by atoms with Crippen molar-refractivity contribution in [2.24, 2.45) is 11.8 Å². The van der Waals surface area contributed by atoms with Gasteiger partial charge in [0.15, 0.2) is 0 Å². The smallest absolute Gasteiger partial charge is 0.406 e. The van der Waals surface area contributed by atoms with E-state index in [1.807, 2.05) is 18.2 Å². The van der Waals surface area contributed by atoms with Crippen LogP contribution in [0, 0.1) is 11.8 Å². The predicted octanol–water partition coefficient (Wildman–Crippen LogP) is 3.68. The Balaban J connectivity index is 1.39. The fraction of sp³-hybridized carbons (Fsp3) is 0.350. The Morgan fingerprint density at radius 3 is 2.30 bits per heavy atom. The minimum Gasteiger partial charge on any atom is -0.406 e. The van der Waals surface area contributed by atoms with Gasteiger partial charge in [-0.2, -0.15) is 0 Å². The van der Waals surface area contributed by atoms with Gasteiger partial charge in [-0.05, 0) is 29.8 Å². The van der Waals surface area contributed by atoms with Crippen molar-refractivity contribution in [2.45, 2.75) is 12.9 Å². The van der Waals surface area contributed by atoms with Gasteiger partial charge in [0.25, 0.3) is 0 Å². The van der Waals surface area contributed by atoms with E-state index >= 15 is 0 Å². The molecule has 2 fully saturated rings. The minimum atomic E-state index is -4.72. The molecule has 0 saturated carbocycles. The molecule has 0 aliphatic carbocycles. The average molecular weight is 376 g/mol. The molecule has 7 heteroatoms. The third kappa shape index (κ3) is 3.93. The monoisotopic (exact) mass is 376 g/mol. The molecule has 2 heterocycles. The number of halogens is 3. The van der Waals surface area contributed by atoms with Crippen molar-refractivity contribution in [3.05, 3.63) is 60.2 Å². The van der Waals surface area contributed by atoms with Crippen LogP contribution in [0.5, 0.6) is 5.75 Å². The van der Waals surface area contributed by atoms with Crippen LogP contribution < -0.4 is 9.64 Å². The minimum absolute atomic E-state index is 0.0417. The Kier molecular flexibility index (Phi) is 4.55. The van der Waals surface area contributed by atoms with Crippen LogP contribution in [-0.2, 0) is 11.3 Å². The summed E-state index contributed by atoms with van der Waals surface area (Å²) in [5.74, 6) is -0.0562. The maximum Gasteiger partial charge on any atom is 0.573 e. The summed E-state index contributed by atoms with van der Waals surface area (Å²) in [5, 5.41) is 0. The SMILES string of the molecule is O=C1[C@@H]2CN(Cc3ccccc3)C[C@@H]2CN1c1ccc(OC(F)(F)F)cc1. The lowest BCUT2D eigenvalue weighted by Gasteiger charge is -2.22. The van der Waals surface area contributed by atoms with E-state index in [9.17, 15) is 18.0 Å². The molecule has 142 valence electrons. The molecule has 0 unspecified atom stereocenters. The van der Waals surface area contributed by atoms with Gasteiger partial charge in [-0.15, -0.1) is 13.2 Å². The highest BCUT2D eigenvalue weighted by Gasteiger charge is 2.46. The Bertz CT molecular complexity index is 808. The number of benzene rings is 2. The van der Waals surface area contributed by atoms with Gasteiger partial charge in [0.05, 0.1) is 5.92 Å². The topological polar surface area (TPSA) is 32.8 Å². The number of carbonyl (C=O) groups excluding carboxylic acids is 1. The summed E-state index contributed by atoms with van der Waals surface area (Å²) in [7, 11) is 0. The molecule has 2 atom stereocenters. The summed E-state index contributed by atoms with van der Waals surface area (Å²) in [4.78, 5) is 16.8. The summed E-state index contributed by atoms with van der Waals surface area (Å²) in [5.41, 5.74) is 1.83. The fourth-order valence-corrected chi connectivity index (χ4v) is 3.98. The van der Waals surface area contributed by atoms with Gasteiger partial charge in [0.2, 0.25) is 5.91 Å². The summed E-state index contributed by atoms with van der Waals surface area (Å²) < 4.78 is 40.7. The number of rotatable bonds is 4. The highest BCUT2D eigenvalue weighted by atomic mass is 19.4. The highest BCUT2D eigenvalue weighted by molar-refractivity contribution is 5.98. The van der Waals surface area contributed by atoms with Gasteiger partial charge >= 0.3 is 6.36 Å². The van der Waals surface area contributed by atoms with E-state index in [0.717, 1.165) is 13.1 Å². The van der Waals surface area contributed by atoms with Crippen molar-refractivity contribution in [2.75, 3.05) is 24.5 Å². The van der Waals surface area contributed by atoms with Crippen molar-refractivity contribution in [1.82, 2.24) is 4.90 Å². The van der Waals surface area contributed by atoms with Crippen LogP contribution >= 0.6 is 0 Å². The van der Waals surface area contributed by atoms with Crippen LogP contribution in [0.1, 0.15) is 5.56 Å². The molecule has 0 N–H and O–H groups in total. The van der Waals surface area contributed by atoms with Gasteiger partial charge in [0, 0.05) is 37.8 Å². The lowest BCUT2D eigenvalue weighted by Crippen LogP contribution is -2.32. The van der Waals surface area contributed by atoms with Crippen LogP contribution in [0.25, 0.3) is 0 Å². The number of anilines is 1. The standard InChI is InChI=1S/C20H19F3N2O2/c21-20(22,23)27-17-8-6-16(7-9-17)25-12-15-11-24(13-18(15)19(25)26)10-14-4-2-1-3-5-14/h1-9,15,18H,10-13H2/t15-,18-/m1/s1. The van der Waals surface area contributed by atoms with E-state index in [1.165, 1.54) is 29.8 Å². The normalized spacial score (nSPS) is 22.9. The van der Waals surface area contributed by atoms with Crippen LogP contribution in [0.4, 0.5) is 18.9 Å². The number of alkyl halides is 3. The molecule has 4 rings (SSSR count). The van der Waals surface area contributed by atoms with Crippen molar-refractivity contribution < 1.29 is 22.7 Å². The first kappa shape index (κ1) is 17.9. The molecule has 1 amide bonds. The summed E-state index contributed by atoms with van der Waals surface area (Å²) in [6.07, 6.45) is -4.72. The van der Waals surface area contributed by atoms with E-state index < -0.39 is 6.36 Å². The van der Waals surface area contributed by atoms with Crippen molar-refractivity contribution >= 4 is 11.6 Å². The van der Waals surface area contributed by atoms with Gasteiger partial charge < -0.3 is 9.64 Å². The molecule has 0 spiro atoms. The Labute approximate surface area is 155 Å². The molecular weight excluding hydrogens is 357 g/mol. The van der Waals surface area contributed by atoms with Gasteiger partial charge in [-0.1, -0.05) is 30.3 Å². The van der Waals surface area contributed by atoms with Crippen LogP contribution in [0.2, 0.25) is 0 Å². The zero-order valence-electron chi connectivity index (χ0n) is 14.5. The molecule has 2 saturated heterocycles. The summed E-state index contributed by atoms with van der Waals surface area (Å²) >= 11 is 0. The number of ether oxygens (including phenoxy) is 1. The Hall–Kier alpha value is -2.54. The van der Waals surface area contributed by atoms with E-state index in [-0.39, 0.29) is 23.5 Å². The highest BCUT2D eigenvalue weighted by Crippen LogP contribution is 2.36. The Morgan fingerprint density at radius 2 is 1.67 bits per heavy atom. The number of hydrogen-bond acceptors (Lipinski definition) is 3. The van der Waals surface area contributed by atoms with E-state index in [4.69, 9.17) is 0 Å². The van der Waals surface area contributed by atoms with Crippen molar-refractivity contribution in [3.8, 4) is 5.75 Å². The first-order valence-electron chi connectivity index (χ1n) is 8.82. The molecule has 0 bridgehead atoms. The second-order valence-electron chi connectivity index (χ2n) is 7.04. The molecule has 2 aliphatic heterocycles. The number of nitrogens with zero attached hydrogens (tertiary/aromatic N) is 2. The summed E-state index contributed by atoms with van der Waals surface area (Å²) in [6.45, 7) is 2.97. The van der Waals surface area contributed by atoms with E-state index in [1.54, 1.807) is 4.90 Å². The lowest BCUT2D eigenvalue weighted by atomic mass is 10.0. The van der Waals surface area contributed by atoms with Crippen molar-refractivity contribution in [3.63, 3.8) is 0 Å². The second kappa shape index (κ2) is 6.88. The van der Waals surface area contributed by atoms with Crippen LogP contribution in [0.15, 0.2) is 54.6 Å². The third-order valence-electron chi connectivity index (χ3n) is 5.15. The number of fused-ring (bicyclic) bond motifs is 1. The molecule has 27 heavy (non-hydrogen) atoms. The second-order valence-corrected chi connectivity index (χ2v) is 7.04. The van der Waals surface area contributed by atoms with E-state index in [0.29, 0.717) is 18.8 Å². The average Bonchev–Trinajstić information content (AvgIpc) is 3.14.